The number of hydrogen-bond donors (Lipinski definition) is 0. The van der Waals surface area contributed by atoms with Crippen molar-refractivity contribution in [3.63, 3.8) is 0 Å². The van der Waals surface area contributed by atoms with Crippen molar-refractivity contribution < 1.29 is 0 Å². The van der Waals surface area contributed by atoms with E-state index in [0.717, 1.165) is 6.04 Å². The van der Waals surface area contributed by atoms with Crippen LogP contribution < -0.4 is 0 Å². The average Bonchev–Trinajstić information content (AvgIpc) is 2.54. The lowest BCUT2D eigenvalue weighted by Crippen LogP contribution is -2.27. The summed E-state index contributed by atoms with van der Waals surface area (Å²) < 4.78 is 0. The molecule has 23 heavy (non-hydrogen) atoms. The molecule has 0 rings (SSSR count). The van der Waals surface area contributed by atoms with Crippen LogP contribution in [0.5, 0.6) is 0 Å². The Balaban J connectivity index is 3.38. The first-order valence-electron chi connectivity index (χ1n) is 10.9. The van der Waals surface area contributed by atoms with Crippen molar-refractivity contribution in [2.45, 2.75) is 129 Å². The minimum absolute atomic E-state index is 0.824. The molecule has 0 radical (unpaired) electrons. The van der Waals surface area contributed by atoms with Gasteiger partial charge in [-0.2, -0.15) is 0 Å². The van der Waals surface area contributed by atoms with Crippen LogP contribution in [0.4, 0.5) is 0 Å². The monoisotopic (exact) mass is 325 g/mol. The lowest BCUT2D eigenvalue weighted by molar-refractivity contribution is 0.251. The van der Waals surface area contributed by atoms with Gasteiger partial charge in [-0.1, -0.05) is 110 Å². The van der Waals surface area contributed by atoms with E-state index in [0.29, 0.717) is 0 Å². The van der Waals surface area contributed by atoms with Crippen molar-refractivity contribution in [1.82, 2.24) is 4.90 Å². The van der Waals surface area contributed by atoms with Crippen molar-refractivity contribution in [3.05, 3.63) is 0 Å². The molecule has 140 valence electrons. The zero-order valence-corrected chi connectivity index (χ0v) is 17.0. The summed E-state index contributed by atoms with van der Waals surface area (Å²) in [6.45, 7) is 4.60. The molecule has 1 atom stereocenters. The summed E-state index contributed by atoms with van der Waals surface area (Å²) in [5, 5.41) is 0. The quantitative estimate of drug-likeness (QED) is 0.235. The van der Waals surface area contributed by atoms with Crippen LogP contribution in [0.25, 0.3) is 0 Å². The zero-order chi connectivity index (χ0) is 17.2. The standard InChI is InChI=1S/C22H47N/c1-5-7-9-11-12-13-14-15-16-17-19-21-22(23(3)4)20-18-10-8-6-2/h22H,5-21H2,1-4H3. The number of nitrogens with zero attached hydrogens (tertiary/aromatic N) is 1. The minimum Gasteiger partial charge on any atom is -0.306 e. The van der Waals surface area contributed by atoms with Crippen LogP contribution in [-0.2, 0) is 0 Å². The van der Waals surface area contributed by atoms with Gasteiger partial charge < -0.3 is 4.90 Å². The highest BCUT2D eigenvalue weighted by atomic mass is 15.1. The summed E-state index contributed by atoms with van der Waals surface area (Å²) in [5.41, 5.74) is 0. The fourth-order valence-corrected chi connectivity index (χ4v) is 3.51. The summed E-state index contributed by atoms with van der Waals surface area (Å²) in [4.78, 5) is 2.46. The van der Waals surface area contributed by atoms with Gasteiger partial charge in [0.15, 0.2) is 0 Å². The second-order valence-electron chi connectivity index (χ2n) is 7.79. The maximum absolute atomic E-state index is 2.46. The maximum Gasteiger partial charge on any atom is 0.00891 e. The second-order valence-corrected chi connectivity index (χ2v) is 7.79. The van der Waals surface area contributed by atoms with Crippen LogP contribution in [0.2, 0.25) is 0 Å². The van der Waals surface area contributed by atoms with Gasteiger partial charge in [0.05, 0.1) is 0 Å². The molecule has 0 aromatic heterocycles. The molecular weight excluding hydrogens is 278 g/mol. The molecule has 0 fully saturated rings. The second kappa shape index (κ2) is 18.3. The normalized spacial score (nSPS) is 12.9. The van der Waals surface area contributed by atoms with E-state index in [4.69, 9.17) is 0 Å². The third kappa shape index (κ3) is 16.6. The molecule has 0 saturated heterocycles. The van der Waals surface area contributed by atoms with Crippen molar-refractivity contribution in [2.75, 3.05) is 14.1 Å². The minimum atomic E-state index is 0.824. The van der Waals surface area contributed by atoms with E-state index in [1.54, 1.807) is 0 Å². The predicted molar refractivity (Wildman–Crippen MR) is 107 cm³/mol. The third-order valence-electron chi connectivity index (χ3n) is 5.26. The summed E-state index contributed by atoms with van der Waals surface area (Å²) in [6, 6.07) is 0.824. The van der Waals surface area contributed by atoms with Crippen LogP contribution in [0.3, 0.4) is 0 Å². The molecular formula is C22H47N. The van der Waals surface area contributed by atoms with E-state index >= 15 is 0 Å². The van der Waals surface area contributed by atoms with Gasteiger partial charge in [0.1, 0.15) is 0 Å². The Hall–Kier alpha value is -0.0400. The summed E-state index contributed by atoms with van der Waals surface area (Å²) >= 11 is 0. The van der Waals surface area contributed by atoms with Crippen LogP contribution >= 0.6 is 0 Å². The van der Waals surface area contributed by atoms with Gasteiger partial charge in [-0.25, -0.2) is 0 Å². The van der Waals surface area contributed by atoms with Crippen LogP contribution in [0.15, 0.2) is 0 Å². The van der Waals surface area contributed by atoms with Gasteiger partial charge in [-0.15, -0.1) is 0 Å². The van der Waals surface area contributed by atoms with Gasteiger partial charge in [-0.05, 0) is 26.9 Å². The molecule has 0 heterocycles. The molecule has 1 heteroatoms. The van der Waals surface area contributed by atoms with Crippen molar-refractivity contribution >= 4 is 0 Å². The fourth-order valence-electron chi connectivity index (χ4n) is 3.51. The molecule has 0 N–H and O–H groups in total. The maximum atomic E-state index is 2.46. The lowest BCUT2D eigenvalue weighted by atomic mass is 9.99. The fraction of sp³-hybridized carbons (Fsp3) is 1.00. The van der Waals surface area contributed by atoms with E-state index in [-0.39, 0.29) is 0 Å². The van der Waals surface area contributed by atoms with Crippen molar-refractivity contribution in [2.24, 2.45) is 0 Å². The molecule has 0 aliphatic carbocycles. The lowest BCUT2D eigenvalue weighted by Gasteiger charge is -2.24. The van der Waals surface area contributed by atoms with Crippen molar-refractivity contribution in [1.29, 1.82) is 0 Å². The zero-order valence-electron chi connectivity index (χ0n) is 17.0. The van der Waals surface area contributed by atoms with Gasteiger partial charge >= 0.3 is 0 Å². The van der Waals surface area contributed by atoms with E-state index < -0.39 is 0 Å². The highest BCUT2D eigenvalue weighted by Gasteiger charge is 2.10. The summed E-state index contributed by atoms with van der Waals surface area (Å²) in [6.07, 6.45) is 24.4. The molecule has 0 aliphatic rings. The summed E-state index contributed by atoms with van der Waals surface area (Å²) in [5.74, 6) is 0. The Bertz CT molecular complexity index is 212. The van der Waals surface area contributed by atoms with Gasteiger partial charge in [0, 0.05) is 6.04 Å². The molecule has 0 bridgehead atoms. The third-order valence-corrected chi connectivity index (χ3v) is 5.26. The van der Waals surface area contributed by atoms with Gasteiger partial charge in [-0.3, -0.25) is 0 Å². The molecule has 1 nitrogen and oxygen atoms in total. The predicted octanol–water partition coefficient (Wildman–Crippen LogP) is 7.59. The van der Waals surface area contributed by atoms with E-state index in [2.05, 4.69) is 32.8 Å². The van der Waals surface area contributed by atoms with Gasteiger partial charge in [0.2, 0.25) is 0 Å². The first-order valence-corrected chi connectivity index (χ1v) is 10.9. The Morgan fingerprint density at radius 2 is 0.783 bits per heavy atom. The molecule has 0 aromatic rings. The molecule has 0 amide bonds. The first kappa shape index (κ1) is 23.0. The topological polar surface area (TPSA) is 3.24 Å². The van der Waals surface area contributed by atoms with E-state index in [1.807, 2.05) is 0 Å². The highest BCUT2D eigenvalue weighted by molar-refractivity contribution is 4.66. The Morgan fingerprint density at radius 1 is 0.478 bits per heavy atom. The first-order chi connectivity index (χ1) is 11.2. The number of hydrogen-bond acceptors (Lipinski definition) is 1. The number of unbranched alkanes of at least 4 members (excludes halogenated alkanes) is 13. The molecule has 0 spiro atoms. The molecule has 1 unspecified atom stereocenters. The highest BCUT2D eigenvalue weighted by Crippen LogP contribution is 2.17. The van der Waals surface area contributed by atoms with Crippen LogP contribution in [0, 0.1) is 0 Å². The number of rotatable bonds is 18. The van der Waals surface area contributed by atoms with Crippen LogP contribution in [-0.4, -0.2) is 25.0 Å². The molecule has 0 aliphatic heterocycles. The average molecular weight is 326 g/mol. The van der Waals surface area contributed by atoms with E-state index in [1.165, 1.54) is 109 Å². The Kier molecular flexibility index (Phi) is 18.3. The molecule has 0 saturated carbocycles. The molecule has 0 aromatic carbocycles. The van der Waals surface area contributed by atoms with E-state index in [9.17, 15) is 0 Å². The van der Waals surface area contributed by atoms with Crippen LogP contribution in [0.1, 0.15) is 123 Å². The summed E-state index contributed by atoms with van der Waals surface area (Å²) in [7, 11) is 4.53. The largest absolute Gasteiger partial charge is 0.306 e. The SMILES string of the molecule is CCCCCCCCCCCCCC(CCCCCC)N(C)C. The smallest absolute Gasteiger partial charge is 0.00891 e. The van der Waals surface area contributed by atoms with Crippen molar-refractivity contribution in [3.8, 4) is 0 Å². The Labute approximate surface area is 148 Å². The van der Waals surface area contributed by atoms with Gasteiger partial charge in [0.25, 0.3) is 0 Å². The Morgan fingerprint density at radius 3 is 1.13 bits per heavy atom.